The number of benzene rings is 2. The third-order valence-corrected chi connectivity index (χ3v) is 11.3. The molecule has 2 fully saturated rings. The third kappa shape index (κ3) is 9.36. The van der Waals surface area contributed by atoms with Gasteiger partial charge >= 0.3 is 18.4 Å². The Bertz CT molecular complexity index is 2280. The van der Waals surface area contributed by atoms with Crippen molar-refractivity contribution >= 4 is 34.8 Å². The molecule has 0 saturated carbocycles. The standard InChI is InChI=1S/C42H49F3N8O7/c1-7-23(2)33(49-40(56)59-5)38(54)52-18-8-10-31(52)36-46-22-30(48-36)28-16-15-26-20-25(12-14-27(26)21-28)13-17-29-35(42(43,44)45)51-37(47-29)32-11-9-19-53(32)39(55)34(24(3)58-4)50-41(57)60-6/h12,14-16,20-24,31-34H,7-11,18-19H2,1-6H3,(H,46,48)(H,47,51)(H,49,56)(H,50,57). The minimum Gasteiger partial charge on any atom is -0.453 e. The highest BCUT2D eigenvalue weighted by atomic mass is 19.4. The summed E-state index contributed by atoms with van der Waals surface area (Å²) in [5, 5.41) is 6.81. The molecule has 60 heavy (non-hydrogen) atoms. The summed E-state index contributed by atoms with van der Waals surface area (Å²) < 4.78 is 57.6. The van der Waals surface area contributed by atoms with E-state index in [1.807, 2.05) is 38.1 Å². The highest BCUT2D eigenvalue weighted by Gasteiger charge is 2.43. The zero-order valence-electron chi connectivity index (χ0n) is 34.2. The van der Waals surface area contributed by atoms with E-state index in [0.717, 1.165) is 35.6 Å². The molecule has 0 aliphatic carbocycles. The Hall–Kier alpha value is -6.09. The molecule has 0 radical (unpaired) electrons. The number of hydrogen-bond donors (Lipinski definition) is 4. The van der Waals surface area contributed by atoms with E-state index in [2.05, 4.69) is 47.1 Å². The van der Waals surface area contributed by atoms with Crippen LogP contribution in [0.1, 0.15) is 93.6 Å². The number of ether oxygens (including phenoxy) is 3. The highest BCUT2D eigenvalue weighted by molar-refractivity contribution is 5.89. The van der Waals surface area contributed by atoms with Crippen LogP contribution in [-0.2, 0) is 30.0 Å². The Morgan fingerprint density at radius 1 is 0.850 bits per heavy atom. The summed E-state index contributed by atoms with van der Waals surface area (Å²) in [7, 11) is 3.79. The van der Waals surface area contributed by atoms with Crippen LogP contribution in [0.15, 0.2) is 42.6 Å². The van der Waals surface area contributed by atoms with E-state index in [-0.39, 0.29) is 30.2 Å². The van der Waals surface area contributed by atoms with Crippen molar-refractivity contribution in [2.45, 2.75) is 89.3 Å². The van der Waals surface area contributed by atoms with Crippen LogP contribution in [0.4, 0.5) is 22.8 Å². The molecule has 18 heteroatoms. The Balaban J connectivity index is 1.20. The molecule has 2 aliphatic heterocycles. The number of aromatic nitrogens is 4. The number of likely N-dealkylation sites (tertiary alicyclic amines) is 2. The Morgan fingerprint density at radius 2 is 1.45 bits per heavy atom. The number of halogens is 3. The number of rotatable bonds is 11. The molecule has 320 valence electrons. The monoisotopic (exact) mass is 834 g/mol. The van der Waals surface area contributed by atoms with Gasteiger partial charge in [-0.3, -0.25) is 9.59 Å². The molecule has 4 amide bonds. The number of nitrogens with zero attached hydrogens (tertiary/aromatic N) is 4. The number of imidazole rings is 2. The number of alkyl halides is 3. The number of methoxy groups -OCH3 is 3. The van der Waals surface area contributed by atoms with Gasteiger partial charge in [0.25, 0.3) is 0 Å². The summed E-state index contributed by atoms with van der Waals surface area (Å²) in [4.78, 5) is 69.2. The number of alkyl carbamates (subject to hydrolysis) is 2. The molecule has 6 atom stereocenters. The van der Waals surface area contributed by atoms with E-state index >= 15 is 0 Å². The number of H-pyrrole nitrogens is 2. The van der Waals surface area contributed by atoms with Crippen LogP contribution in [0.3, 0.4) is 0 Å². The van der Waals surface area contributed by atoms with E-state index in [0.29, 0.717) is 43.6 Å². The molecule has 2 aromatic carbocycles. The fourth-order valence-corrected chi connectivity index (χ4v) is 7.68. The largest absolute Gasteiger partial charge is 0.453 e. The smallest absolute Gasteiger partial charge is 0.436 e. The summed E-state index contributed by atoms with van der Waals surface area (Å²) >= 11 is 0. The second-order valence-electron chi connectivity index (χ2n) is 15.0. The van der Waals surface area contributed by atoms with Crippen LogP contribution in [0.2, 0.25) is 0 Å². The molecule has 4 N–H and O–H groups in total. The summed E-state index contributed by atoms with van der Waals surface area (Å²) in [6.07, 6.45) is -2.37. The van der Waals surface area contributed by atoms with Gasteiger partial charge in [-0.25, -0.2) is 19.6 Å². The number of nitrogens with one attached hydrogen (secondary N) is 4. The maximum absolute atomic E-state index is 14.3. The van der Waals surface area contributed by atoms with Gasteiger partial charge in [0.05, 0.1) is 44.3 Å². The molecular formula is C42H49F3N8O7. The Labute approximate surface area is 345 Å². The predicted octanol–water partition coefficient (Wildman–Crippen LogP) is 6.23. The van der Waals surface area contributed by atoms with Crippen LogP contribution >= 0.6 is 0 Å². The first-order valence-electron chi connectivity index (χ1n) is 19.8. The van der Waals surface area contributed by atoms with E-state index in [4.69, 9.17) is 9.47 Å². The topological polar surface area (TPSA) is 184 Å². The number of hydrogen-bond acceptors (Lipinski definition) is 9. The average molecular weight is 835 g/mol. The SMILES string of the molecule is CCC(C)C(NC(=O)OC)C(=O)N1CCCC1c1ncc(-c2ccc3cc(C#Cc4[nH]c(C5CCCN5C(=O)C(NC(=O)OC)C(C)OC)nc4C(F)(F)F)ccc3c2)[nH]1. The summed E-state index contributed by atoms with van der Waals surface area (Å²) in [5.41, 5.74) is 0.414. The lowest BCUT2D eigenvalue weighted by Gasteiger charge is -2.30. The number of carbonyl (C=O) groups is 4. The van der Waals surface area contributed by atoms with Crippen LogP contribution in [0.25, 0.3) is 22.0 Å². The average Bonchev–Trinajstić information content (AvgIpc) is 4.09. The van der Waals surface area contributed by atoms with E-state index in [1.165, 1.54) is 19.1 Å². The van der Waals surface area contributed by atoms with Crippen molar-refractivity contribution < 1.29 is 46.6 Å². The Morgan fingerprint density at radius 3 is 2.07 bits per heavy atom. The van der Waals surface area contributed by atoms with Gasteiger partial charge in [0.1, 0.15) is 29.4 Å². The molecule has 6 rings (SSSR count). The number of carbonyl (C=O) groups excluding carboxylic acids is 4. The molecular weight excluding hydrogens is 786 g/mol. The third-order valence-electron chi connectivity index (χ3n) is 11.3. The maximum atomic E-state index is 14.3. The van der Waals surface area contributed by atoms with Crippen molar-refractivity contribution in [1.29, 1.82) is 0 Å². The molecule has 2 aromatic heterocycles. The van der Waals surface area contributed by atoms with Gasteiger partial charge in [0.2, 0.25) is 11.8 Å². The minimum atomic E-state index is -4.83. The second kappa shape index (κ2) is 18.4. The summed E-state index contributed by atoms with van der Waals surface area (Å²) in [6.45, 7) is 6.22. The zero-order chi connectivity index (χ0) is 43.3. The van der Waals surface area contributed by atoms with E-state index in [1.54, 1.807) is 30.2 Å². The minimum absolute atomic E-state index is 0.0644. The zero-order valence-corrected chi connectivity index (χ0v) is 34.2. The van der Waals surface area contributed by atoms with Gasteiger partial charge in [0, 0.05) is 31.3 Å². The molecule has 0 spiro atoms. The highest BCUT2D eigenvalue weighted by Crippen LogP contribution is 2.37. The van der Waals surface area contributed by atoms with Gasteiger partial charge in [-0.2, -0.15) is 13.2 Å². The normalized spacial score (nSPS) is 18.6. The molecule has 6 unspecified atom stereocenters. The number of aromatic amines is 2. The molecule has 4 heterocycles. The predicted molar refractivity (Wildman–Crippen MR) is 213 cm³/mol. The lowest BCUT2D eigenvalue weighted by atomic mass is 9.97. The fraction of sp³-hybridized carbons (Fsp3) is 0.476. The van der Waals surface area contributed by atoms with Crippen LogP contribution in [0, 0.1) is 17.8 Å². The first-order chi connectivity index (χ1) is 28.7. The molecule has 15 nitrogen and oxygen atoms in total. The fourth-order valence-electron chi connectivity index (χ4n) is 7.68. The second-order valence-corrected chi connectivity index (χ2v) is 15.0. The Kier molecular flexibility index (Phi) is 13.4. The van der Waals surface area contributed by atoms with Crippen LogP contribution in [-0.4, -0.2) is 106 Å². The summed E-state index contributed by atoms with van der Waals surface area (Å²) in [6, 6.07) is 8.04. The van der Waals surface area contributed by atoms with Gasteiger partial charge in [-0.05, 0) is 73.4 Å². The molecule has 2 saturated heterocycles. The van der Waals surface area contributed by atoms with Crippen molar-refractivity contribution in [3.05, 3.63) is 71.2 Å². The van der Waals surface area contributed by atoms with Crippen molar-refractivity contribution in [3.8, 4) is 23.1 Å². The van der Waals surface area contributed by atoms with Crippen molar-refractivity contribution in [3.63, 3.8) is 0 Å². The number of fused-ring (bicyclic) bond motifs is 1. The lowest BCUT2D eigenvalue weighted by Crippen LogP contribution is -2.54. The van der Waals surface area contributed by atoms with Gasteiger partial charge < -0.3 is 44.6 Å². The van der Waals surface area contributed by atoms with Crippen molar-refractivity contribution in [2.75, 3.05) is 34.4 Å². The first-order valence-corrected chi connectivity index (χ1v) is 19.8. The van der Waals surface area contributed by atoms with E-state index < -0.39 is 59.9 Å². The lowest BCUT2D eigenvalue weighted by molar-refractivity contribution is -0.141. The van der Waals surface area contributed by atoms with Crippen LogP contribution < -0.4 is 10.6 Å². The summed E-state index contributed by atoms with van der Waals surface area (Å²) in [5.74, 6) is 5.19. The van der Waals surface area contributed by atoms with Crippen molar-refractivity contribution in [2.24, 2.45) is 5.92 Å². The van der Waals surface area contributed by atoms with Crippen molar-refractivity contribution in [1.82, 2.24) is 40.4 Å². The molecule has 2 aliphatic rings. The van der Waals surface area contributed by atoms with Gasteiger partial charge in [0.15, 0.2) is 5.69 Å². The molecule has 4 aromatic rings. The number of amides is 4. The molecule has 0 bridgehead atoms. The van der Waals surface area contributed by atoms with E-state index in [9.17, 15) is 32.3 Å². The quantitative estimate of drug-likeness (QED) is 0.127. The first kappa shape index (κ1) is 43.5. The maximum Gasteiger partial charge on any atom is 0.436 e. The van der Waals surface area contributed by atoms with Crippen LogP contribution in [0.5, 0.6) is 0 Å². The van der Waals surface area contributed by atoms with Gasteiger partial charge in [-0.1, -0.05) is 44.4 Å². The van der Waals surface area contributed by atoms with Gasteiger partial charge in [-0.15, -0.1) is 0 Å².